The third-order valence-electron chi connectivity index (χ3n) is 2.63. The molecule has 0 unspecified atom stereocenters. The van der Waals surface area contributed by atoms with E-state index in [4.69, 9.17) is 4.52 Å². The molecule has 0 saturated carbocycles. The molecule has 0 aliphatic heterocycles. The predicted octanol–water partition coefficient (Wildman–Crippen LogP) is 1.48. The van der Waals surface area contributed by atoms with Crippen molar-refractivity contribution in [1.29, 1.82) is 0 Å². The topological polar surface area (TPSA) is 101 Å². The largest absolute Gasteiger partial charge is 0.347 e. The zero-order valence-corrected chi connectivity index (χ0v) is 12.3. The van der Waals surface area contributed by atoms with Gasteiger partial charge in [-0.2, -0.15) is 4.98 Å². The summed E-state index contributed by atoms with van der Waals surface area (Å²) in [6.45, 7) is 6.14. The van der Waals surface area contributed by atoms with Gasteiger partial charge in [0.25, 0.3) is 0 Å². The monoisotopic (exact) mass is 290 g/mol. The number of aromatic amines is 1. The fourth-order valence-electron chi connectivity index (χ4n) is 1.75. The Balaban J connectivity index is 1.98. The van der Waals surface area contributed by atoms with Gasteiger partial charge in [0.15, 0.2) is 0 Å². The van der Waals surface area contributed by atoms with Crippen LogP contribution in [0.2, 0.25) is 0 Å². The van der Waals surface area contributed by atoms with Gasteiger partial charge in [-0.25, -0.2) is 0 Å². The second-order valence-electron chi connectivity index (χ2n) is 5.97. The lowest BCUT2D eigenvalue weighted by molar-refractivity contribution is -0.123. The van der Waals surface area contributed by atoms with Crippen LogP contribution in [0, 0.1) is 5.41 Å². The minimum absolute atomic E-state index is 0.0709. The second-order valence-corrected chi connectivity index (χ2v) is 5.97. The molecule has 0 bridgehead atoms. The molecule has 0 aliphatic carbocycles. The van der Waals surface area contributed by atoms with Gasteiger partial charge in [-0.3, -0.25) is 9.59 Å². The molecule has 0 radical (unpaired) electrons. The lowest BCUT2D eigenvalue weighted by atomic mass is 9.92. The third kappa shape index (κ3) is 4.55. The summed E-state index contributed by atoms with van der Waals surface area (Å²) in [6, 6.07) is 3.06. The van der Waals surface area contributed by atoms with Crippen LogP contribution in [0.4, 0.5) is 0 Å². The summed E-state index contributed by atoms with van der Waals surface area (Å²) < 4.78 is 5.05. The smallest absolute Gasteiger partial charge is 0.248 e. The standard InChI is InChI=1S/C14H18N4O3/c1-14(2,3)7-11(20)16-8-12-17-13(18-21-12)9-4-5-15-10(19)6-9/h4-6H,7-8H2,1-3H3,(H,15,19)(H,16,20). The zero-order valence-electron chi connectivity index (χ0n) is 12.3. The number of amides is 1. The fraction of sp³-hybridized carbons (Fsp3) is 0.429. The zero-order chi connectivity index (χ0) is 15.5. The predicted molar refractivity (Wildman–Crippen MR) is 76.3 cm³/mol. The first-order valence-electron chi connectivity index (χ1n) is 6.62. The van der Waals surface area contributed by atoms with Crippen molar-refractivity contribution in [2.75, 3.05) is 0 Å². The molecule has 2 aromatic rings. The molecule has 2 N–H and O–H groups in total. The summed E-state index contributed by atoms with van der Waals surface area (Å²) >= 11 is 0. The molecule has 7 nitrogen and oxygen atoms in total. The number of hydrogen-bond acceptors (Lipinski definition) is 5. The van der Waals surface area contributed by atoms with E-state index in [0.717, 1.165) is 0 Å². The van der Waals surface area contributed by atoms with Crippen molar-refractivity contribution in [2.45, 2.75) is 33.7 Å². The van der Waals surface area contributed by atoms with E-state index in [0.29, 0.717) is 23.7 Å². The maximum Gasteiger partial charge on any atom is 0.248 e. The van der Waals surface area contributed by atoms with Crippen LogP contribution >= 0.6 is 0 Å². The van der Waals surface area contributed by atoms with Crippen LogP contribution in [0.5, 0.6) is 0 Å². The van der Waals surface area contributed by atoms with Crippen molar-refractivity contribution in [3.63, 3.8) is 0 Å². The van der Waals surface area contributed by atoms with E-state index in [-0.39, 0.29) is 23.4 Å². The summed E-state index contributed by atoms with van der Waals surface area (Å²) in [5, 5.41) is 6.52. The first-order valence-corrected chi connectivity index (χ1v) is 6.62. The van der Waals surface area contributed by atoms with Crippen LogP contribution in [0.25, 0.3) is 11.4 Å². The van der Waals surface area contributed by atoms with Gasteiger partial charge in [0.05, 0.1) is 6.54 Å². The van der Waals surface area contributed by atoms with Crippen LogP contribution in [0.1, 0.15) is 33.1 Å². The average molecular weight is 290 g/mol. The third-order valence-corrected chi connectivity index (χ3v) is 2.63. The Morgan fingerprint density at radius 1 is 1.43 bits per heavy atom. The molecule has 112 valence electrons. The summed E-state index contributed by atoms with van der Waals surface area (Å²) in [7, 11) is 0. The molecule has 0 atom stereocenters. The number of hydrogen-bond donors (Lipinski definition) is 2. The maximum absolute atomic E-state index is 11.7. The van der Waals surface area contributed by atoms with Gasteiger partial charge < -0.3 is 14.8 Å². The van der Waals surface area contributed by atoms with Crippen LogP contribution in [-0.2, 0) is 11.3 Å². The number of nitrogens with zero attached hydrogens (tertiary/aromatic N) is 2. The Kier molecular flexibility index (Phi) is 4.21. The minimum atomic E-state index is -0.239. The summed E-state index contributed by atoms with van der Waals surface area (Å²) in [6.07, 6.45) is 1.93. The minimum Gasteiger partial charge on any atom is -0.347 e. The lowest BCUT2D eigenvalue weighted by Crippen LogP contribution is -2.27. The van der Waals surface area contributed by atoms with E-state index < -0.39 is 0 Å². The number of pyridine rings is 1. The number of nitrogens with one attached hydrogen (secondary N) is 2. The Hall–Kier alpha value is -2.44. The Morgan fingerprint density at radius 3 is 2.86 bits per heavy atom. The normalized spacial score (nSPS) is 11.4. The molecule has 0 fully saturated rings. The molecule has 2 aromatic heterocycles. The average Bonchev–Trinajstić information content (AvgIpc) is 2.83. The van der Waals surface area contributed by atoms with E-state index in [1.165, 1.54) is 12.3 Å². The molecule has 2 heterocycles. The number of rotatable bonds is 4. The van der Waals surface area contributed by atoms with Gasteiger partial charge in [-0.1, -0.05) is 25.9 Å². The van der Waals surface area contributed by atoms with Crippen molar-refractivity contribution in [3.05, 3.63) is 34.6 Å². The van der Waals surface area contributed by atoms with E-state index in [9.17, 15) is 9.59 Å². The summed E-state index contributed by atoms with van der Waals surface area (Å²) in [4.78, 5) is 29.6. The molecule has 0 aromatic carbocycles. The van der Waals surface area contributed by atoms with Crippen molar-refractivity contribution in [2.24, 2.45) is 5.41 Å². The van der Waals surface area contributed by atoms with Gasteiger partial charge in [0.2, 0.25) is 23.2 Å². The quantitative estimate of drug-likeness (QED) is 0.888. The number of carbonyl (C=O) groups is 1. The molecule has 0 aliphatic rings. The number of carbonyl (C=O) groups excluding carboxylic acids is 1. The lowest BCUT2D eigenvalue weighted by Gasteiger charge is -2.16. The van der Waals surface area contributed by atoms with E-state index in [1.54, 1.807) is 6.07 Å². The maximum atomic E-state index is 11.7. The van der Waals surface area contributed by atoms with Crippen molar-refractivity contribution >= 4 is 5.91 Å². The van der Waals surface area contributed by atoms with E-state index in [2.05, 4.69) is 20.4 Å². The van der Waals surface area contributed by atoms with Crippen molar-refractivity contribution < 1.29 is 9.32 Å². The second kappa shape index (κ2) is 5.90. The first kappa shape index (κ1) is 15.0. The summed E-state index contributed by atoms with van der Waals surface area (Å²) in [5.41, 5.74) is 0.252. The molecule has 1 amide bonds. The molecule has 2 rings (SSSR count). The van der Waals surface area contributed by atoms with Crippen molar-refractivity contribution in [3.8, 4) is 11.4 Å². The Labute approximate surface area is 121 Å². The highest BCUT2D eigenvalue weighted by Gasteiger charge is 2.16. The van der Waals surface area contributed by atoms with Crippen molar-refractivity contribution in [1.82, 2.24) is 20.4 Å². The van der Waals surface area contributed by atoms with Crippen LogP contribution in [-0.4, -0.2) is 21.0 Å². The molecular weight excluding hydrogens is 272 g/mol. The molecule has 0 saturated heterocycles. The first-order chi connectivity index (χ1) is 9.83. The van der Waals surface area contributed by atoms with Gasteiger partial charge in [0.1, 0.15) is 0 Å². The molecule has 0 spiro atoms. The van der Waals surface area contributed by atoms with Crippen LogP contribution < -0.4 is 10.9 Å². The molecular formula is C14H18N4O3. The Bertz CT molecular complexity index is 682. The van der Waals surface area contributed by atoms with Gasteiger partial charge in [0, 0.05) is 24.2 Å². The van der Waals surface area contributed by atoms with Gasteiger partial charge in [-0.05, 0) is 11.5 Å². The van der Waals surface area contributed by atoms with E-state index in [1.807, 2.05) is 20.8 Å². The van der Waals surface area contributed by atoms with Gasteiger partial charge in [-0.15, -0.1) is 0 Å². The van der Waals surface area contributed by atoms with Crippen LogP contribution in [0.15, 0.2) is 27.6 Å². The molecule has 21 heavy (non-hydrogen) atoms. The number of H-pyrrole nitrogens is 1. The number of aromatic nitrogens is 3. The fourth-order valence-corrected chi connectivity index (χ4v) is 1.75. The summed E-state index contributed by atoms with van der Waals surface area (Å²) in [5.74, 6) is 0.548. The highest BCUT2D eigenvalue weighted by atomic mass is 16.5. The highest BCUT2D eigenvalue weighted by molar-refractivity contribution is 5.76. The Morgan fingerprint density at radius 2 is 2.19 bits per heavy atom. The van der Waals surface area contributed by atoms with Crippen LogP contribution in [0.3, 0.4) is 0 Å². The SMILES string of the molecule is CC(C)(C)CC(=O)NCc1nc(-c2cc[nH]c(=O)c2)no1. The molecule has 7 heteroatoms. The highest BCUT2D eigenvalue weighted by Crippen LogP contribution is 2.18. The van der Waals surface area contributed by atoms with E-state index >= 15 is 0 Å². The van der Waals surface area contributed by atoms with Gasteiger partial charge >= 0.3 is 0 Å².